The molecule has 0 aliphatic heterocycles. The van der Waals surface area contributed by atoms with E-state index in [1.807, 2.05) is 18.2 Å². The van der Waals surface area contributed by atoms with Crippen LogP contribution >= 0.6 is 0 Å². The summed E-state index contributed by atoms with van der Waals surface area (Å²) in [6.07, 6.45) is 7.39. The van der Waals surface area contributed by atoms with E-state index in [0.29, 0.717) is 0 Å². The largest absolute Gasteiger partial charge is 0.265 e. The van der Waals surface area contributed by atoms with Crippen LogP contribution in [0.5, 0.6) is 0 Å². The molecule has 0 spiro atoms. The van der Waals surface area contributed by atoms with E-state index in [2.05, 4.69) is 32.7 Å². The van der Waals surface area contributed by atoms with Gasteiger partial charge in [0.25, 0.3) is 0 Å². The first-order valence-corrected chi connectivity index (χ1v) is 5.18. The first-order valence-electron chi connectivity index (χ1n) is 5.18. The van der Waals surface area contributed by atoms with Crippen molar-refractivity contribution in [1.29, 1.82) is 0 Å². The molecular weight excluding hydrogens is 158 g/mol. The van der Waals surface area contributed by atoms with Gasteiger partial charge in [-0.1, -0.05) is 53.0 Å². The standard InChI is InChI=1S/C5H5N.C4H10.C3H8/c1-2-4-6-5-3-1;1-3-4-2;1-3-2/h1-5H;3-4H2,1-2H3;3H2,1-2H3. The smallest absolute Gasteiger partial charge is 0.0267 e. The SMILES string of the molecule is CCC.CCCC.c1ccncc1. The summed E-state index contributed by atoms with van der Waals surface area (Å²) < 4.78 is 0. The second-order valence-electron chi connectivity index (χ2n) is 2.73. The number of aromatic nitrogens is 1. The summed E-state index contributed by atoms with van der Waals surface area (Å²) in [5.74, 6) is 0. The van der Waals surface area contributed by atoms with E-state index < -0.39 is 0 Å². The van der Waals surface area contributed by atoms with Crippen molar-refractivity contribution in [3.05, 3.63) is 30.6 Å². The van der Waals surface area contributed by atoms with Gasteiger partial charge in [0.15, 0.2) is 0 Å². The Morgan fingerprint density at radius 3 is 1.23 bits per heavy atom. The molecule has 0 aliphatic rings. The van der Waals surface area contributed by atoms with Crippen molar-refractivity contribution in [2.45, 2.75) is 47.0 Å². The molecule has 1 aromatic rings. The highest BCUT2D eigenvalue weighted by Crippen LogP contribution is 1.76. The van der Waals surface area contributed by atoms with E-state index in [1.54, 1.807) is 12.4 Å². The van der Waals surface area contributed by atoms with Crippen molar-refractivity contribution in [3.63, 3.8) is 0 Å². The van der Waals surface area contributed by atoms with Gasteiger partial charge in [-0.3, -0.25) is 4.98 Å². The fraction of sp³-hybridized carbons (Fsp3) is 0.583. The third kappa shape index (κ3) is 24.7. The highest BCUT2D eigenvalue weighted by molar-refractivity contribution is 4.88. The molecule has 0 saturated heterocycles. The predicted molar refractivity (Wildman–Crippen MR) is 60.8 cm³/mol. The zero-order chi connectivity index (χ0) is 10.4. The lowest BCUT2D eigenvalue weighted by atomic mass is 10.4. The maximum absolute atomic E-state index is 3.78. The Morgan fingerprint density at radius 1 is 0.769 bits per heavy atom. The molecule has 0 fully saturated rings. The Morgan fingerprint density at radius 2 is 1.15 bits per heavy atom. The van der Waals surface area contributed by atoms with Crippen LogP contribution in [0.15, 0.2) is 30.6 Å². The summed E-state index contributed by atoms with van der Waals surface area (Å²) in [5, 5.41) is 0. The molecule has 0 radical (unpaired) electrons. The quantitative estimate of drug-likeness (QED) is 0.629. The first-order chi connectivity index (χ1) is 6.33. The molecule has 1 nitrogen and oxygen atoms in total. The molecule has 0 aliphatic carbocycles. The average Bonchev–Trinajstić information content (AvgIpc) is 2.22. The van der Waals surface area contributed by atoms with E-state index in [1.165, 1.54) is 19.3 Å². The molecule has 1 aromatic heterocycles. The summed E-state index contributed by atoms with van der Waals surface area (Å²) >= 11 is 0. The molecule has 1 heteroatoms. The lowest BCUT2D eigenvalue weighted by Crippen LogP contribution is -1.58. The number of pyridine rings is 1. The van der Waals surface area contributed by atoms with Gasteiger partial charge in [-0.2, -0.15) is 0 Å². The third-order valence-corrected chi connectivity index (χ3v) is 1.07. The number of hydrogen-bond donors (Lipinski definition) is 0. The van der Waals surface area contributed by atoms with Crippen LogP contribution in [0, 0.1) is 0 Å². The van der Waals surface area contributed by atoms with Crippen LogP contribution in [-0.4, -0.2) is 4.98 Å². The Labute approximate surface area is 83.2 Å². The molecule has 76 valence electrons. The molecule has 0 atom stereocenters. The lowest BCUT2D eigenvalue weighted by molar-refractivity contribution is 0.886. The van der Waals surface area contributed by atoms with Crippen LogP contribution in [0.2, 0.25) is 0 Å². The number of unbranched alkanes of at least 4 members (excludes halogenated alkanes) is 1. The predicted octanol–water partition coefficient (Wildman–Crippen LogP) is 4.30. The number of nitrogens with zero attached hydrogens (tertiary/aromatic N) is 1. The van der Waals surface area contributed by atoms with Crippen molar-refractivity contribution < 1.29 is 0 Å². The zero-order valence-electron chi connectivity index (χ0n) is 9.46. The van der Waals surface area contributed by atoms with Gasteiger partial charge in [0.2, 0.25) is 0 Å². The molecule has 0 amide bonds. The first kappa shape index (κ1) is 14.7. The molecule has 13 heavy (non-hydrogen) atoms. The second kappa shape index (κ2) is 17.3. The van der Waals surface area contributed by atoms with E-state index >= 15 is 0 Å². The highest BCUT2D eigenvalue weighted by atomic mass is 14.6. The maximum Gasteiger partial charge on any atom is 0.0267 e. The summed E-state index contributed by atoms with van der Waals surface area (Å²) in [4.78, 5) is 3.78. The van der Waals surface area contributed by atoms with Crippen molar-refractivity contribution in [2.24, 2.45) is 0 Å². The van der Waals surface area contributed by atoms with Gasteiger partial charge in [-0.05, 0) is 12.1 Å². The van der Waals surface area contributed by atoms with Crippen LogP contribution in [-0.2, 0) is 0 Å². The van der Waals surface area contributed by atoms with Crippen LogP contribution in [0.1, 0.15) is 47.0 Å². The van der Waals surface area contributed by atoms with Gasteiger partial charge < -0.3 is 0 Å². The Balaban J connectivity index is 0. The third-order valence-electron chi connectivity index (χ3n) is 1.07. The molecule has 0 N–H and O–H groups in total. The van der Waals surface area contributed by atoms with Gasteiger partial charge >= 0.3 is 0 Å². The normalized spacial score (nSPS) is 7.38. The highest BCUT2D eigenvalue weighted by Gasteiger charge is 1.58. The van der Waals surface area contributed by atoms with E-state index in [9.17, 15) is 0 Å². The van der Waals surface area contributed by atoms with Gasteiger partial charge in [-0.15, -0.1) is 0 Å². The summed E-state index contributed by atoms with van der Waals surface area (Å²) in [6, 6.07) is 5.72. The number of rotatable bonds is 1. The van der Waals surface area contributed by atoms with Gasteiger partial charge in [0.05, 0.1) is 0 Å². The van der Waals surface area contributed by atoms with E-state index in [-0.39, 0.29) is 0 Å². The molecule has 0 saturated carbocycles. The molecule has 1 rings (SSSR count). The van der Waals surface area contributed by atoms with Crippen molar-refractivity contribution in [2.75, 3.05) is 0 Å². The van der Waals surface area contributed by atoms with Gasteiger partial charge in [0, 0.05) is 12.4 Å². The molecule has 0 bridgehead atoms. The summed E-state index contributed by atoms with van der Waals surface area (Å²) in [6.45, 7) is 8.61. The topological polar surface area (TPSA) is 12.9 Å². The molecule has 0 aromatic carbocycles. The Hall–Kier alpha value is -0.850. The minimum absolute atomic E-state index is 1.25. The lowest BCUT2D eigenvalue weighted by Gasteiger charge is -1.70. The Kier molecular flexibility index (Phi) is 19.5. The fourth-order valence-corrected chi connectivity index (χ4v) is 0.313. The van der Waals surface area contributed by atoms with Gasteiger partial charge in [0.1, 0.15) is 0 Å². The minimum atomic E-state index is 1.25. The zero-order valence-corrected chi connectivity index (χ0v) is 9.46. The molecule has 1 heterocycles. The minimum Gasteiger partial charge on any atom is -0.265 e. The molecule has 0 unspecified atom stereocenters. The monoisotopic (exact) mass is 181 g/mol. The summed E-state index contributed by atoms with van der Waals surface area (Å²) in [5.41, 5.74) is 0. The molecular formula is C12H23N. The van der Waals surface area contributed by atoms with E-state index in [4.69, 9.17) is 0 Å². The van der Waals surface area contributed by atoms with Crippen LogP contribution in [0.3, 0.4) is 0 Å². The summed E-state index contributed by atoms with van der Waals surface area (Å²) in [7, 11) is 0. The number of hydrogen-bond acceptors (Lipinski definition) is 1. The Bertz CT molecular complexity index is 108. The van der Waals surface area contributed by atoms with Crippen LogP contribution in [0.4, 0.5) is 0 Å². The fourth-order valence-electron chi connectivity index (χ4n) is 0.313. The maximum atomic E-state index is 3.78. The van der Waals surface area contributed by atoms with Crippen LogP contribution in [0.25, 0.3) is 0 Å². The van der Waals surface area contributed by atoms with Gasteiger partial charge in [-0.25, -0.2) is 0 Å². The average molecular weight is 181 g/mol. The van der Waals surface area contributed by atoms with Crippen molar-refractivity contribution in [1.82, 2.24) is 4.98 Å². The van der Waals surface area contributed by atoms with Crippen molar-refractivity contribution >= 4 is 0 Å². The van der Waals surface area contributed by atoms with Crippen LogP contribution < -0.4 is 0 Å². The van der Waals surface area contributed by atoms with E-state index in [0.717, 1.165) is 0 Å². The second-order valence-corrected chi connectivity index (χ2v) is 2.73. The van der Waals surface area contributed by atoms with Crippen molar-refractivity contribution in [3.8, 4) is 0 Å².